The second-order valence-corrected chi connectivity index (χ2v) is 5.29. The van der Waals surface area contributed by atoms with Gasteiger partial charge in [-0.05, 0) is 38.2 Å². The van der Waals surface area contributed by atoms with Gasteiger partial charge in [0, 0.05) is 10.3 Å². The van der Waals surface area contributed by atoms with Crippen LogP contribution in [-0.2, 0) is 12.8 Å². The van der Waals surface area contributed by atoms with Gasteiger partial charge in [-0.15, -0.1) is 16.4 Å². The highest BCUT2D eigenvalue weighted by atomic mass is 32.1. The summed E-state index contributed by atoms with van der Waals surface area (Å²) in [6, 6.07) is 0. The van der Waals surface area contributed by atoms with Crippen LogP contribution in [0.4, 0.5) is 5.69 Å². The predicted octanol–water partition coefficient (Wildman–Crippen LogP) is 2.46. The summed E-state index contributed by atoms with van der Waals surface area (Å²) in [6.45, 7) is 2.05. The van der Waals surface area contributed by atoms with Gasteiger partial charge in [0.1, 0.15) is 4.83 Å². The zero-order valence-corrected chi connectivity index (χ0v) is 9.52. The third-order valence-corrected chi connectivity index (χ3v) is 4.12. The summed E-state index contributed by atoms with van der Waals surface area (Å²) in [7, 11) is 0. The Morgan fingerprint density at radius 1 is 1.20 bits per heavy atom. The number of nitrogens with two attached hydrogens (primary N) is 1. The van der Waals surface area contributed by atoms with E-state index < -0.39 is 0 Å². The van der Waals surface area contributed by atoms with Crippen LogP contribution >= 0.6 is 11.3 Å². The first-order valence-corrected chi connectivity index (χ1v) is 6.12. The molecule has 4 heteroatoms. The molecule has 0 aromatic carbocycles. The average molecular weight is 219 g/mol. The van der Waals surface area contributed by atoms with Gasteiger partial charge in [-0.3, -0.25) is 0 Å². The third kappa shape index (κ3) is 1.24. The van der Waals surface area contributed by atoms with Crippen molar-refractivity contribution < 1.29 is 0 Å². The molecule has 0 saturated heterocycles. The van der Waals surface area contributed by atoms with Gasteiger partial charge in [-0.2, -0.15) is 5.10 Å². The monoisotopic (exact) mass is 219 g/mol. The van der Waals surface area contributed by atoms with Crippen molar-refractivity contribution in [1.82, 2.24) is 10.2 Å². The molecule has 3 nitrogen and oxygen atoms in total. The van der Waals surface area contributed by atoms with Crippen molar-refractivity contribution in [2.75, 3.05) is 5.73 Å². The molecule has 2 aromatic heterocycles. The van der Waals surface area contributed by atoms with Crippen LogP contribution < -0.4 is 5.73 Å². The van der Waals surface area contributed by atoms with Crippen molar-refractivity contribution in [3.05, 3.63) is 16.1 Å². The van der Waals surface area contributed by atoms with Gasteiger partial charge in [0.2, 0.25) is 0 Å². The van der Waals surface area contributed by atoms with E-state index in [0.717, 1.165) is 23.4 Å². The number of anilines is 1. The Hall–Kier alpha value is -1.16. The molecule has 2 heterocycles. The Bertz CT molecular complexity index is 530. The summed E-state index contributed by atoms with van der Waals surface area (Å²) in [5.74, 6) is 0. The summed E-state index contributed by atoms with van der Waals surface area (Å²) < 4.78 is 0. The maximum Gasteiger partial charge on any atom is 0.148 e. The Morgan fingerprint density at radius 3 is 2.87 bits per heavy atom. The number of rotatable bonds is 0. The summed E-state index contributed by atoms with van der Waals surface area (Å²) in [5, 5.41) is 9.75. The first-order valence-electron chi connectivity index (χ1n) is 5.30. The molecule has 78 valence electrons. The fourth-order valence-electron chi connectivity index (χ4n) is 2.28. The van der Waals surface area contributed by atoms with Crippen LogP contribution in [0.1, 0.15) is 29.0 Å². The number of thiophene rings is 1. The molecule has 2 aromatic rings. The highest BCUT2D eigenvalue weighted by Gasteiger charge is 2.18. The van der Waals surface area contributed by atoms with Gasteiger partial charge in [0.05, 0.1) is 11.4 Å². The number of aryl methyl sites for hydroxylation is 3. The third-order valence-electron chi connectivity index (χ3n) is 3.11. The number of fused-ring (bicyclic) bond motifs is 3. The first kappa shape index (κ1) is 9.09. The minimum atomic E-state index is 0.919. The molecular formula is C11H13N3S. The van der Waals surface area contributed by atoms with E-state index >= 15 is 0 Å². The molecule has 0 atom stereocenters. The van der Waals surface area contributed by atoms with Crippen LogP contribution in [0.15, 0.2) is 0 Å². The normalized spacial score (nSPS) is 15.5. The van der Waals surface area contributed by atoms with Gasteiger partial charge in [0.15, 0.2) is 0 Å². The zero-order chi connectivity index (χ0) is 10.4. The van der Waals surface area contributed by atoms with Gasteiger partial charge in [-0.1, -0.05) is 0 Å². The Kier molecular flexibility index (Phi) is 1.92. The van der Waals surface area contributed by atoms with Gasteiger partial charge in [0.25, 0.3) is 0 Å². The van der Waals surface area contributed by atoms with E-state index in [0.29, 0.717) is 0 Å². The van der Waals surface area contributed by atoms with Crippen LogP contribution in [0.2, 0.25) is 0 Å². The van der Waals surface area contributed by atoms with Crippen molar-refractivity contribution in [2.24, 2.45) is 0 Å². The predicted molar refractivity (Wildman–Crippen MR) is 63.2 cm³/mol. The minimum Gasteiger partial charge on any atom is -0.397 e. The van der Waals surface area contributed by atoms with Crippen molar-refractivity contribution in [2.45, 2.75) is 32.6 Å². The summed E-state index contributed by atoms with van der Waals surface area (Å²) in [4.78, 5) is 2.17. The summed E-state index contributed by atoms with van der Waals surface area (Å²) in [6.07, 6.45) is 4.66. The number of hydrogen-bond acceptors (Lipinski definition) is 4. The lowest BCUT2D eigenvalue weighted by molar-refractivity contribution is 0.663. The lowest BCUT2D eigenvalue weighted by Gasteiger charge is -2.14. The molecule has 15 heavy (non-hydrogen) atoms. The Balaban J connectivity index is 2.39. The molecule has 1 aliphatic rings. The van der Waals surface area contributed by atoms with Crippen LogP contribution in [0, 0.1) is 6.92 Å². The highest BCUT2D eigenvalue weighted by Crippen LogP contribution is 2.36. The SMILES string of the molecule is Cc1sc2nnc3c(c2c1N)CCCC3. The molecule has 0 fully saturated rings. The van der Waals surface area contributed by atoms with E-state index in [4.69, 9.17) is 5.73 Å². The smallest absolute Gasteiger partial charge is 0.148 e. The molecule has 0 aliphatic heterocycles. The van der Waals surface area contributed by atoms with E-state index in [9.17, 15) is 0 Å². The molecule has 3 rings (SSSR count). The van der Waals surface area contributed by atoms with Crippen LogP contribution in [0.5, 0.6) is 0 Å². The van der Waals surface area contributed by atoms with Gasteiger partial charge in [-0.25, -0.2) is 0 Å². The maximum absolute atomic E-state index is 6.10. The standard InChI is InChI=1S/C11H13N3S/c1-6-10(12)9-7-4-2-3-5-8(7)13-14-11(9)15-6/h2-5,12H2,1H3. The van der Waals surface area contributed by atoms with Crippen LogP contribution in [0.25, 0.3) is 10.2 Å². The first-order chi connectivity index (χ1) is 7.27. The molecule has 0 spiro atoms. The summed E-state index contributed by atoms with van der Waals surface area (Å²) in [5.41, 5.74) is 9.54. The topological polar surface area (TPSA) is 51.8 Å². The van der Waals surface area contributed by atoms with E-state index in [1.54, 1.807) is 11.3 Å². The molecule has 2 N–H and O–H groups in total. The summed E-state index contributed by atoms with van der Waals surface area (Å²) >= 11 is 1.65. The Morgan fingerprint density at radius 2 is 2.00 bits per heavy atom. The number of nitrogens with zero attached hydrogens (tertiary/aromatic N) is 2. The quantitative estimate of drug-likeness (QED) is 0.740. The molecular weight excluding hydrogens is 206 g/mol. The molecule has 0 bridgehead atoms. The van der Waals surface area contributed by atoms with Crippen LogP contribution in [-0.4, -0.2) is 10.2 Å². The van der Waals surface area contributed by atoms with E-state index in [2.05, 4.69) is 17.1 Å². The number of hydrogen-bond donors (Lipinski definition) is 1. The van der Waals surface area contributed by atoms with E-state index in [1.165, 1.54) is 34.4 Å². The molecule has 0 unspecified atom stereocenters. The fourth-order valence-corrected chi connectivity index (χ4v) is 3.20. The van der Waals surface area contributed by atoms with E-state index in [1.807, 2.05) is 0 Å². The number of aromatic nitrogens is 2. The van der Waals surface area contributed by atoms with Crippen LogP contribution in [0.3, 0.4) is 0 Å². The van der Waals surface area contributed by atoms with Gasteiger partial charge >= 0.3 is 0 Å². The highest BCUT2D eigenvalue weighted by molar-refractivity contribution is 7.19. The maximum atomic E-state index is 6.10. The molecule has 1 aliphatic carbocycles. The van der Waals surface area contributed by atoms with Crippen molar-refractivity contribution in [3.8, 4) is 0 Å². The van der Waals surface area contributed by atoms with Crippen molar-refractivity contribution in [3.63, 3.8) is 0 Å². The molecule has 0 radical (unpaired) electrons. The van der Waals surface area contributed by atoms with Crippen molar-refractivity contribution >= 4 is 27.2 Å². The lowest BCUT2D eigenvalue weighted by Crippen LogP contribution is -2.07. The average Bonchev–Trinajstić information content (AvgIpc) is 2.55. The van der Waals surface area contributed by atoms with Crippen molar-refractivity contribution in [1.29, 1.82) is 0 Å². The van der Waals surface area contributed by atoms with E-state index in [-0.39, 0.29) is 0 Å². The lowest BCUT2D eigenvalue weighted by atomic mass is 9.94. The molecule has 0 amide bonds. The second kappa shape index (κ2) is 3.17. The Labute approximate surface area is 92.3 Å². The molecule has 0 saturated carbocycles. The number of nitrogen functional groups attached to an aromatic ring is 1. The zero-order valence-electron chi connectivity index (χ0n) is 8.71. The minimum absolute atomic E-state index is 0.919. The largest absolute Gasteiger partial charge is 0.397 e. The van der Waals surface area contributed by atoms with Gasteiger partial charge < -0.3 is 5.73 Å². The second-order valence-electron chi connectivity index (χ2n) is 4.08. The fraction of sp³-hybridized carbons (Fsp3) is 0.455.